The summed E-state index contributed by atoms with van der Waals surface area (Å²) in [6.45, 7) is 3.82. The average Bonchev–Trinajstić information content (AvgIpc) is 2.85. The van der Waals surface area contributed by atoms with Crippen molar-refractivity contribution in [3.63, 3.8) is 0 Å². The number of anilines is 1. The number of halogens is 3. The highest BCUT2D eigenvalue weighted by molar-refractivity contribution is 6.35. The van der Waals surface area contributed by atoms with E-state index in [4.69, 9.17) is 23.2 Å². The fourth-order valence-electron chi connectivity index (χ4n) is 1.73. The Bertz CT molecular complexity index is 632. The van der Waals surface area contributed by atoms with Gasteiger partial charge < -0.3 is 5.32 Å². The van der Waals surface area contributed by atoms with Gasteiger partial charge in [0.15, 0.2) is 5.82 Å². The van der Waals surface area contributed by atoms with Gasteiger partial charge in [0.2, 0.25) is 0 Å². The normalized spacial score (nSPS) is 10.9. The van der Waals surface area contributed by atoms with Gasteiger partial charge in [0.1, 0.15) is 5.69 Å². The first-order valence-corrected chi connectivity index (χ1v) is 6.65. The number of hydrogen-bond donors (Lipinski definition) is 1. The number of hydrogen-bond acceptors (Lipinski definition) is 2. The summed E-state index contributed by atoms with van der Waals surface area (Å²) in [5.41, 5.74) is 0.722. The van der Waals surface area contributed by atoms with Crippen molar-refractivity contribution in [3.05, 3.63) is 46.0 Å². The van der Waals surface area contributed by atoms with Gasteiger partial charge in [0, 0.05) is 17.9 Å². The molecule has 0 bridgehead atoms. The van der Waals surface area contributed by atoms with Crippen molar-refractivity contribution in [2.45, 2.75) is 19.9 Å². The van der Waals surface area contributed by atoms with Crippen LogP contribution in [0.1, 0.15) is 30.4 Å². The molecule has 0 unspecified atom stereocenters. The van der Waals surface area contributed by atoms with E-state index in [0.29, 0.717) is 11.4 Å². The Kier molecular flexibility index (Phi) is 4.30. The Balaban J connectivity index is 2.26. The average molecular weight is 316 g/mol. The van der Waals surface area contributed by atoms with E-state index in [9.17, 15) is 9.18 Å². The Morgan fingerprint density at radius 3 is 2.50 bits per heavy atom. The molecule has 1 aromatic carbocycles. The summed E-state index contributed by atoms with van der Waals surface area (Å²) in [4.78, 5) is 12.2. The summed E-state index contributed by atoms with van der Waals surface area (Å²) >= 11 is 11.4. The molecular weight excluding hydrogens is 304 g/mol. The van der Waals surface area contributed by atoms with E-state index in [1.165, 1.54) is 12.1 Å². The maximum absolute atomic E-state index is 13.3. The summed E-state index contributed by atoms with van der Waals surface area (Å²) in [5.74, 6) is -1.08. The van der Waals surface area contributed by atoms with Crippen LogP contribution in [0.5, 0.6) is 0 Å². The second-order valence-electron chi connectivity index (χ2n) is 4.46. The molecule has 0 aliphatic carbocycles. The van der Waals surface area contributed by atoms with Crippen molar-refractivity contribution in [2.24, 2.45) is 0 Å². The van der Waals surface area contributed by atoms with Gasteiger partial charge in [-0.2, -0.15) is 5.10 Å². The zero-order valence-electron chi connectivity index (χ0n) is 10.8. The molecule has 1 aromatic heterocycles. The maximum atomic E-state index is 13.3. The zero-order chi connectivity index (χ0) is 14.9. The van der Waals surface area contributed by atoms with Crippen LogP contribution in [0.4, 0.5) is 10.1 Å². The molecule has 0 spiro atoms. The van der Waals surface area contributed by atoms with E-state index < -0.39 is 5.82 Å². The van der Waals surface area contributed by atoms with Crippen molar-refractivity contribution in [2.75, 3.05) is 5.32 Å². The van der Waals surface area contributed by atoms with Crippen LogP contribution >= 0.6 is 23.2 Å². The fourth-order valence-corrected chi connectivity index (χ4v) is 2.22. The predicted molar refractivity (Wildman–Crippen MR) is 77.0 cm³/mol. The molecule has 0 atom stereocenters. The molecule has 1 heterocycles. The zero-order valence-corrected chi connectivity index (χ0v) is 12.3. The molecule has 2 aromatic rings. The van der Waals surface area contributed by atoms with E-state index in [2.05, 4.69) is 10.4 Å². The lowest BCUT2D eigenvalue weighted by Gasteiger charge is -2.11. The van der Waals surface area contributed by atoms with Crippen LogP contribution in [0.15, 0.2) is 24.4 Å². The third kappa shape index (κ3) is 2.94. The minimum atomic E-state index is -0.710. The molecule has 0 saturated carbocycles. The number of nitrogens with zero attached hydrogens (tertiary/aromatic N) is 2. The minimum absolute atomic E-state index is 0.0474. The van der Waals surface area contributed by atoms with Crippen LogP contribution in [-0.2, 0) is 0 Å². The molecule has 0 saturated heterocycles. The molecule has 0 aliphatic rings. The number of carbonyl (C=O) groups is 1. The first-order valence-electron chi connectivity index (χ1n) is 5.89. The molecule has 7 heteroatoms. The van der Waals surface area contributed by atoms with Crippen LogP contribution < -0.4 is 5.32 Å². The summed E-state index contributed by atoms with van der Waals surface area (Å²) in [6, 6.07) is 4.25. The lowest BCUT2D eigenvalue weighted by molar-refractivity contribution is 0.101. The number of rotatable bonds is 3. The highest BCUT2D eigenvalue weighted by Gasteiger charge is 2.15. The second-order valence-corrected chi connectivity index (χ2v) is 5.28. The van der Waals surface area contributed by atoms with Crippen molar-refractivity contribution in [1.82, 2.24) is 9.78 Å². The Morgan fingerprint density at radius 2 is 1.95 bits per heavy atom. The van der Waals surface area contributed by atoms with Crippen LogP contribution in [0.3, 0.4) is 0 Å². The Hall–Kier alpha value is -1.59. The summed E-state index contributed by atoms with van der Waals surface area (Å²) in [6.07, 6.45) is 1.54. The van der Waals surface area contributed by atoms with Gasteiger partial charge >= 0.3 is 0 Å². The lowest BCUT2D eigenvalue weighted by Crippen LogP contribution is -2.19. The maximum Gasteiger partial charge on any atom is 0.273 e. The van der Waals surface area contributed by atoms with Crippen LogP contribution in [0.2, 0.25) is 10.0 Å². The second kappa shape index (κ2) is 5.81. The Labute approximate surface area is 125 Å². The number of amides is 1. The number of aromatic nitrogens is 2. The van der Waals surface area contributed by atoms with E-state index in [0.717, 1.165) is 0 Å². The summed E-state index contributed by atoms with van der Waals surface area (Å²) in [7, 11) is 0. The summed E-state index contributed by atoms with van der Waals surface area (Å²) < 4.78 is 14.9. The smallest absolute Gasteiger partial charge is 0.273 e. The molecule has 106 valence electrons. The quantitative estimate of drug-likeness (QED) is 0.864. The van der Waals surface area contributed by atoms with Crippen molar-refractivity contribution in [1.29, 1.82) is 0 Å². The highest BCUT2D eigenvalue weighted by Crippen LogP contribution is 2.27. The third-order valence-electron chi connectivity index (χ3n) is 2.63. The first kappa shape index (κ1) is 14.8. The molecule has 2 rings (SSSR count). The molecule has 4 nitrogen and oxygen atoms in total. The van der Waals surface area contributed by atoms with Gasteiger partial charge in [0.25, 0.3) is 5.91 Å². The van der Waals surface area contributed by atoms with Gasteiger partial charge in [-0.25, -0.2) is 4.39 Å². The largest absolute Gasteiger partial charge is 0.321 e. The van der Waals surface area contributed by atoms with Crippen LogP contribution in [-0.4, -0.2) is 15.7 Å². The van der Waals surface area contributed by atoms with Crippen molar-refractivity contribution < 1.29 is 9.18 Å². The molecule has 0 fully saturated rings. The third-order valence-corrected chi connectivity index (χ3v) is 3.18. The Morgan fingerprint density at radius 1 is 1.35 bits per heavy atom. The standard InChI is InChI=1S/C13H12Cl2FN3O/c1-7(2)19-11(3-4-17-19)13(20)18-8-5-9(14)12(16)10(15)6-8/h3-7H,1-2H3,(H,18,20). The molecule has 1 N–H and O–H groups in total. The topological polar surface area (TPSA) is 46.9 Å². The van der Waals surface area contributed by atoms with E-state index in [1.54, 1.807) is 16.9 Å². The highest BCUT2D eigenvalue weighted by atomic mass is 35.5. The molecule has 20 heavy (non-hydrogen) atoms. The van der Waals surface area contributed by atoms with E-state index in [-0.39, 0.29) is 22.0 Å². The van der Waals surface area contributed by atoms with Crippen molar-refractivity contribution >= 4 is 34.8 Å². The summed E-state index contributed by atoms with van der Waals surface area (Å²) in [5, 5.41) is 6.39. The number of nitrogens with one attached hydrogen (secondary N) is 1. The van der Waals surface area contributed by atoms with E-state index >= 15 is 0 Å². The monoisotopic (exact) mass is 315 g/mol. The number of benzene rings is 1. The van der Waals surface area contributed by atoms with Crippen LogP contribution in [0, 0.1) is 5.82 Å². The van der Waals surface area contributed by atoms with Gasteiger partial charge in [-0.3, -0.25) is 9.48 Å². The minimum Gasteiger partial charge on any atom is -0.321 e. The fraction of sp³-hybridized carbons (Fsp3) is 0.231. The van der Waals surface area contributed by atoms with Gasteiger partial charge in [-0.1, -0.05) is 23.2 Å². The molecular formula is C13H12Cl2FN3O. The van der Waals surface area contributed by atoms with E-state index in [1.807, 2.05) is 13.8 Å². The predicted octanol–water partition coefficient (Wildman–Crippen LogP) is 4.16. The molecule has 1 amide bonds. The lowest BCUT2D eigenvalue weighted by atomic mass is 10.3. The van der Waals surface area contributed by atoms with Gasteiger partial charge in [-0.15, -0.1) is 0 Å². The molecule has 0 aliphatic heterocycles. The van der Waals surface area contributed by atoms with Crippen molar-refractivity contribution in [3.8, 4) is 0 Å². The number of carbonyl (C=O) groups excluding carboxylic acids is 1. The first-order chi connectivity index (χ1) is 9.40. The molecule has 0 radical (unpaired) electrons. The van der Waals surface area contributed by atoms with Gasteiger partial charge in [-0.05, 0) is 32.0 Å². The SMILES string of the molecule is CC(C)n1nccc1C(=O)Nc1cc(Cl)c(F)c(Cl)c1. The van der Waals surface area contributed by atoms with Gasteiger partial charge in [0.05, 0.1) is 10.0 Å². The van der Waals surface area contributed by atoms with Crippen LogP contribution in [0.25, 0.3) is 0 Å².